The number of carboxylic acid groups (broad SMARTS) is 1. The van der Waals surface area contributed by atoms with Gasteiger partial charge in [0.05, 0.1) is 6.10 Å². The molecular weight excluding hydrogens is 268 g/mol. The summed E-state index contributed by atoms with van der Waals surface area (Å²) in [5, 5.41) is 11.6. The summed E-state index contributed by atoms with van der Waals surface area (Å²) in [6.45, 7) is 1.24. The second-order valence-corrected chi connectivity index (χ2v) is 5.62. The third-order valence-electron chi connectivity index (χ3n) is 3.05. The topological polar surface area (TPSA) is 78.9 Å². The molecule has 1 aliphatic heterocycles. The van der Waals surface area contributed by atoms with Crippen LogP contribution in [0.2, 0.25) is 0 Å². The third-order valence-corrected chi connectivity index (χ3v) is 3.70. The highest BCUT2D eigenvalue weighted by atomic mass is 32.2. The first kappa shape index (κ1) is 16.1. The molecule has 1 heterocycles. The maximum absolute atomic E-state index is 11.9. The normalized spacial score (nSPS) is 20.0. The number of carbonyl (C=O) groups excluding carboxylic acids is 1. The number of amides is 2. The fraction of sp³-hybridized carbons (Fsp3) is 0.833. The van der Waals surface area contributed by atoms with Gasteiger partial charge in [0.25, 0.3) is 0 Å². The molecule has 6 nitrogen and oxygen atoms in total. The van der Waals surface area contributed by atoms with E-state index < -0.39 is 12.0 Å². The Balaban J connectivity index is 2.38. The predicted octanol–water partition coefficient (Wildman–Crippen LogP) is 1.01. The lowest BCUT2D eigenvalue weighted by Gasteiger charge is -2.23. The summed E-state index contributed by atoms with van der Waals surface area (Å²) in [6, 6.07) is -1.18. The molecule has 0 aliphatic carbocycles. The fourth-order valence-electron chi connectivity index (χ4n) is 1.93. The summed E-state index contributed by atoms with van der Waals surface area (Å²) in [5.74, 6) is -0.292. The van der Waals surface area contributed by atoms with Crippen LogP contribution < -0.4 is 5.32 Å². The number of carbonyl (C=O) groups is 2. The van der Waals surface area contributed by atoms with E-state index in [-0.39, 0.29) is 12.1 Å². The minimum Gasteiger partial charge on any atom is -0.480 e. The molecule has 2 amide bonds. The van der Waals surface area contributed by atoms with Crippen LogP contribution in [0, 0.1) is 0 Å². The van der Waals surface area contributed by atoms with Gasteiger partial charge in [0.2, 0.25) is 0 Å². The quantitative estimate of drug-likeness (QED) is 0.731. The second kappa shape index (κ2) is 8.27. The van der Waals surface area contributed by atoms with Crippen molar-refractivity contribution in [2.75, 3.05) is 32.2 Å². The van der Waals surface area contributed by atoms with Crippen LogP contribution in [-0.2, 0) is 9.53 Å². The van der Waals surface area contributed by atoms with Crippen molar-refractivity contribution in [1.82, 2.24) is 10.2 Å². The van der Waals surface area contributed by atoms with E-state index >= 15 is 0 Å². The van der Waals surface area contributed by atoms with Crippen molar-refractivity contribution in [2.24, 2.45) is 0 Å². The van der Waals surface area contributed by atoms with Crippen LogP contribution in [0.3, 0.4) is 0 Å². The molecule has 1 unspecified atom stereocenters. The predicted molar refractivity (Wildman–Crippen MR) is 74.6 cm³/mol. The van der Waals surface area contributed by atoms with E-state index in [0.717, 1.165) is 19.4 Å². The molecule has 1 saturated heterocycles. The second-order valence-electron chi connectivity index (χ2n) is 4.64. The highest BCUT2D eigenvalue weighted by Gasteiger charge is 2.24. The monoisotopic (exact) mass is 290 g/mol. The molecular formula is C12H22N2O4S. The van der Waals surface area contributed by atoms with Gasteiger partial charge in [-0.15, -0.1) is 0 Å². The Bertz CT molecular complexity index is 308. The average Bonchev–Trinajstić information content (AvgIpc) is 2.86. The molecule has 7 heteroatoms. The molecule has 2 atom stereocenters. The molecule has 1 fully saturated rings. The van der Waals surface area contributed by atoms with Crippen LogP contribution in [0.25, 0.3) is 0 Å². The number of ether oxygens (including phenoxy) is 1. The lowest BCUT2D eigenvalue weighted by molar-refractivity contribution is -0.139. The maximum atomic E-state index is 11.9. The third kappa shape index (κ3) is 5.69. The number of thioether (sulfide) groups is 1. The molecule has 110 valence electrons. The van der Waals surface area contributed by atoms with Gasteiger partial charge in [0, 0.05) is 20.2 Å². The van der Waals surface area contributed by atoms with E-state index in [0.29, 0.717) is 18.7 Å². The lowest BCUT2D eigenvalue weighted by atomic mass is 10.2. The Hall–Kier alpha value is -0.950. The van der Waals surface area contributed by atoms with Gasteiger partial charge in [-0.1, -0.05) is 0 Å². The highest BCUT2D eigenvalue weighted by molar-refractivity contribution is 7.98. The number of urea groups is 1. The Morgan fingerprint density at radius 2 is 2.32 bits per heavy atom. The fourth-order valence-corrected chi connectivity index (χ4v) is 2.40. The molecule has 0 saturated carbocycles. The van der Waals surface area contributed by atoms with Crippen molar-refractivity contribution in [3.8, 4) is 0 Å². The lowest BCUT2D eigenvalue weighted by Crippen LogP contribution is -2.48. The Labute approximate surface area is 117 Å². The van der Waals surface area contributed by atoms with E-state index in [4.69, 9.17) is 9.84 Å². The van der Waals surface area contributed by atoms with Crippen molar-refractivity contribution in [3.63, 3.8) is 0 Å². The van der Waals surface area contributed by atoms with E-state index in [1.807, 2.05) is 6.26 Å². The molecule has 0 spiro atoms. The Kier molecular flexibility index (Phi) is 7.01. The van der Waals surface area contributed by atoms with Gasteiger partial charge < -0.3 is 20.1 Å². The molecule has 0 bridgehead atoms. The van der Waals surface area contributed by atoms with Crippen LogP contribution in [0.15, 0.2) is 0 Å². The largest absolute Gasteiger partial charge is 0.480 e. The van der Waals surface area contributed by atoms with Gasteiger partial charge in [0.1, 0.15) is 6.04 Å². The van der Waals surface area contributed by atoms with Crippen LogP contribution in [0.4, 0.5) is 4.79 Å². The van der Waals surface area contributed by atoms with Crippen LogP contribution in [-0.4, -0.2) is 66.4 Å². The van der Waals surface area contributed by atoms with Gasteiger partial charge in [-0.05, 0) is 31.3 Å². The number of nitrogens with zero attached hydrogens (tertiary/aromatic N) is 1. The number of carboxylic acids is 1. The van der Waals surface area contributed by atoms with E-state index in [2.05, 4.69) is 5.32 Å². The molecule has 1 rings (SSSR count). The zero-order valence-electron chi connectivity index (χ0n) is 11.4. The number of likely N-dealkylation sites (N-methyl/N-ethyl adjacent to an activating group) is 1. The molecule has 0 aromatic rings. The average molecular weight is 290 g/mol. The minimum absolute atomic E-state index is 0.0743. The van der Waals surface area contributed by atoms with Crippen molar-refractivity contribution in [3.05, 3.63) is 0 Å². The smallest absolute Gasteiger partial charge is 0.326 e. The number of aliphatic carboxylic acids is 1. The summed E-state index contributed by atoms with van der Waals surface area (Å²) < 4.78 is 5.45. The van der Waals surface area contributed by atoms with Crippen LogP contribution >= 0.6 is 11.8 Å². The number of rotatable bonds is 7. The molecule has 2 N–H and O–H groups in total. The van der Waals surface area contributed by atoms with Crippen LogP contribution in [0.1, 0.15) is 19.3 Å². The van der Waals surface area contributed by atoms with Crippen molar-refractivity contribution >= 4 is 23.8 Å². The summed E-state index contributed by atoms with van der Waals surface area (Å²) in [6.07, 6.45) is 4.38. The molecule has 0 aromatic carbocycles. The molecule has 1 aliphatic rings. The van der Waals surface area contributed by atoms with Crippen molar-refractivity contribution in [2.45, 2.75) is 31.4 Å². The highest BCUT2D eigenvalue weighted by Crippen LogP contribution is 2.12. The minimum atomic E-state index is -0.993. The number of nitrogens with one attached hydrogen (secondary N) is 1. The summed E-state index contributed by atoms with van der Waals surface area (Å²) in [5.41, 5.74) is 0. The first-order chi connectivity index (χ1) is 9.04. The number of hydrogen-bond donors (Lipinski definition) is 2. The van der Waals surface area contributed by atoms with E-state index in [1.54, 1.807) is 18.8 Å². The maximum Gasteiger partial charge on any atom is 0.326 e. The van der Waals surface area contributed by atoms with E-state index in [1.165, 1.54) is 4.90 Å². The van der Waals surface area contributed by atoms with Crippen molar-refractivity contribution in [1.29, 1.82) is 0 Å². The molecule has 0 aromatic heterocycles. The van der Waals surface area contributed by atoms with Gasteiger partial charge in [0.15, 0.2) is 0 Å². The summed E-state index contributed by atoms with van der Waals surface area (Å²) >= 11 is 1.56. The standard InChI is InChI=1S/C12H22N2O4S/c1-14(8-9-4-3-6-18-9)12(17)13-10(11(15)16)5-7-19-2/h9-10H,3-8H2,1-2H3,(H,13,17)(H,15,16)/t9?,10-/m1/s1. The zero-order chi connectivity index (χ0) is 14.3. The van der Waals surface area contributed by atoms with Gasteiger partial charge in [-0.25, -0.2) is 9.59 Å². The van der Waals surface area contributed by atoms with Crippen LogP contribution in [0.5, 0.6) is 0 Å². The first-order valence-corrected chi connectivity index (χ1v) is 7.79. The molecule has 0 radical (unpaired) electrons. The molecule has 19 heavy (non-hydrogen) atoms. The van der Waals surface area contributed by atoms with Crippen molar-refractivity contribution < 1.29 is 19.4 Å². The van der Waals surface area contributed by atoms with Gasteiger partial charge >= 0.3 is 12.0 Å². The van der Waals surface area contributed by atoms with Gasteiger partial charge in [-0.3, -0.25) is 0 Å². The summed E-state index contributed by atoms with van der Waals surface area (Å²) in [7, 11) is 1.66. The van der Waals surface area contributed by atoms with Gasteiger partial charge in [-0.2, -0.15) is 11.8 Å². The first-order valence-electron chi connectivity index (χ1n) is 6.39. The van der Waals surface area contributed by atoms with E-state index in [9.17, 15) is 9.59 Å². The Morgan fingerprint density at radius 1 is 1.58 bits per heavy atom. The summed E-state index contributed by atoms with van der Waals surface area (Å²) in [4.78, 5) is 24.4. The Morgan fingerprint density at radius 3 is 2.84 bits per heavy atom. The zero-order valence-corrected chi connectivity index (χ0v) is 12.2. The number of hydrogen-bond acceptors (Lipinski definition) is 4. The SMILES string of the molecule is CSCC[C@@H](NC(=O)N(C)CC1CCCO1)C(=O)O.